The standard InChI is InChI=1S/C24H23F3N6O3S/c1-23(36,13-4-2-12(3-5-13)20(34)35)21-29-11-18(37-21)15-8-14(9-17-16(15)10-30-33-17)31-22-28-7-6-19(32-22)24(25,26)27/h6-13,36H,2-5H2,1H3,(H,30,33)(H,34,35)(H,28,31,32)/t12?,13?,23-/m1/s1. The molecular weight excluding hydrogens is 509 g/mol. The van der Waals surface area contributed by atoms with Gasteiger partial charge in [-0.25, -0.2) is 15.0 Å². The summed E-state index contributed by atoms with van der Waals surface area (Å²) < 4.78 is 39.2. The van der Waals surface area contributed by atoms with Gasteiger partial charge in [0.05, 0.1) is 22.5 Å². The van der Waals surface area contributed by atoms with Gasteiger partial charge in [-0.1, -0.05) is 0 Å². The highest BCUT2D eigenvalue weighted by atomic mass is 32.1. The summed E-state index contributed by atoms with van der Waals surface area (Å²) in [5.74, 6) is -1.52. The zero-order chi connectivity index (χ0) is 26.4. The van der Waals surface area contributed by atoms with E-state index in [4.69, 9.17) is 0 Å². The van der Waals surface area contributed by atoms with Crippen LogP contribution in [0.25, 0.3) is 21.3 Å². The first kappa shape index (κ1) is 25.1. The van der Waals surface area contributed by atoms with Gasteiger partial charge in [0.25, 0.3) is 0 Å². The van der Waals surface area contributed by atoms with Crippen LogP contribution >= 0.6 is 11.3 Å². The number of nitrogens with one attached hydrogen (secondary N) is 2. The topological polar surface area (TPSA) is 137 Å². The number of hydrogen-bond acceptors (Lipinski definition) is 8. The maximum Gasteiger partial charge on any atom is 0.433 e. The third-order valence-corrected chi connectivity index (χ3v) is 8.09. The number of halogens is 3. The van der Waals surface area contributed by atoms with Gasteiger partial charge in [-0.3, -0.25) is 9.89 Å². The number of thiazole rings is 1. The van der Waals surface area contributed by atoms with E-state index in [1.165, 1.54) is 11.3 Å². The predicted octanol–water partition coefficient (Wildman–Crippen LogP) is 5.34. The zero-order valence-corrected chi connectivity index (χ0v) is 20.4. The van der Waals surface area contributed by atoms with Crippen LogP contribution < -0.4 is 5.32 Å². The van der Waals surface area contributed by atoms with Crippen molar-refractivity contribution in [2.24, 2.45) is 11.8 Å². The predicted molar refractivity (Wildman–Crippen MR) is 130 cm³/mol. The number of hydrogen-bond donors (Lipinski definition) is 4. The van der Waals surface area contributed by atoms with E-state index in [1.807, 2.05) is 0 Å². The van der Waals surface area contributed by atoms with Gasteiger partial charge in [0.15, 0.2) is 0 Å². The van der Waals surface area contributed by atoms with Gasteiger partial charge in [-0.05, 0) is 56.7 Å². The summed E-state index contributed by atoms with van der Waals surface area (Å²) >= 11 is 1.31. The lowest BCUT2D eigenvalue weighted by Crippen LogP contribution is -2.35. The Morgan fingerprint density at radius 3 is 2.62 bits per heavy atom. The molecule has 0 saturated heterocycles. The largest absolute Gasteiger partial charge is 0.481 e. The van der Waals surface area contributed by atoms with E-state index in [2.05, 4.69) is 30.5 Å². The second kappa shape index (κ2) is 9.38. The molecule has 1 aliphatic carbocycles. The molecule has 0 aliphatic heterocycles. The maximum atomic E-state index is 13.1. The second-order valence-corrected chi connectivity index (χ2v) is 10.3. The Balaban J connectivity index is 1.43. The first-order valence-corrected chi connectivity index (χ1v) is 12.4. The minimum Gasteiger partial charge on any atom is -0.481 e. The number of aromatic nitrogens is 5. The minimum atomic E-state index is -4.60. The summed E-state index contributed by atoms with van der Waals surface area (Å²) in [5.41, 5.74) is -0.487. The van der Waals surface area contributed by atoms with E-state index in [0.717, 1.165) is 28.1 Å². The van der Waals surface area contributed by atoms with Gasteiger partial charge < -0.3 is 15.5 Å². The molecule has 1 aromatic carbocycles. The van der Waals surface area contributed by atoms with Crippen LogP contribution in [0.15, 0.2) is 36.8 Å². The number of nitrogens with zero attached hydrogens (tertiary/aromatic N) is 4. The van der Waals surface area contributed by atoms with Gasteiger partial charge in [0.1, 0.15) is 16.3 Å². The number of carboxylic acid groups (broad SMARTS) is 1. The SMILES string of the molecule is C[C@](O)(c1ncc(-c2cc(Nc3nccc(C(F)(F)F)n3)cc3[nH]ncc23)s1)C1CCC(C(=O)O)CC1. The molecule has 1 saturated carbocycles. The highest BCUT2D eigenvalue weighted by molar-refractivity contribution is 7.15. The molecule has 0 amide bonds. The fraction of sp³-hybridized carbons (Fsp3) is 0.375. The van der Waals surface area contributed by atoms with E-state index in [0.29, 0.717) is 41.9 Å². The van der Waals surface area contributed by atoms with Gasteiger partial charge in [-0.2, -0.15) is 18.3 Å². The molecular formula is C24H23F3N6O3S. The maximum absolute atomic E-state index is 13.1. The van der Waals surface area contributed by atoms with E-state index >= 15 is 0 Å². The normalized spacial score (nSPS) is 20.0. The summed E-state index contributed by atoms with van der Waals surface area (Å²) in [7, 11) is 0. The van der Waals surface area contributed by atoms with Crippen LogP contribution in [0, 0.1) is 11.8 Å². The summed E-state index contributed by atoms with van der Waals surface area (Å²) in [6.45, 7) is 1.71. The van der Waals surface area contributed by atoms with Crippen LogP contribution in [0.2, 0.25) is 0 Å². The fourth-order valence-corrected chi connectivity index (χ4v) is 5.81. The van der Waals surface area contributed by atoms with Crippen molar-refractivity contribution in [1.29, 1.82) is 0 Å². The molecule has 0 spiro atoms. The van der Waals surface area contributed by atoms with Crippen LogP contribution in [0.4, 0.5) is 24.8 Å². The van der Waals surface area contributed by atoms with Gasteiger partial charge >= 0.3 is 12.1 Å². The van der Waals surface area contributed by atoms with E-state index < -0.39 is 23.4 Å². The second-order valence-electron chi connectivity index (χ2n) is 9.31. The molecule has 13 heteroatoms. The average Bonchev–Trinajstić information content (AvgIpc) is 3.54. The van der Waals surface area contributed by atoms with Crippen LogP contribution in [0.3, 0.4) is 0 Å². The van der Waals surface area contributed by atoms with E-state index in [9.17, 15) is 28.2 Å². The molecule has 4 aromatic rings. The minimum absolute atomic E-state index is 0.123. The molecule has 194 valence electrons. The number of aliphatic carboxylic acids is 1. The van der Waals surface area contributed by atoms with Gasteiger partial charge in [-0.15, -0.1) is 11.3 Å². The third kappa shape index (κ3) is 5.01. The summed E-state index contributed by atoms with van der Waals surface area (Å²) in [5, 5.41) is 31.7. The van der Waals surface area contributed by atoms with Gasteiger partial charge in [0.2, 0.25) is 5.95 Å². The number of aliphatic hydroxyl groups is 1. The number of alkyl halides is 3. The first-order valence-electron chi connectivity index (χ1n) is 11.6. The fourth-order valence-electron chi connectivity index (χ4n) is 4.74. The molecule has 0 unspecified atom stereocenters. The highest BCUT2D eigenvalue weighted by Crippen LogP contribution is 2.44. The van der Waals surface area contributed by atoms with Crippen LogP contribution in [-0.2, 0) is 16.6 Å². The molecule has 1 fully saturated rings. The number of rotatable bonds is 6. The number of carbonyl (C=O) groups is 1. The lowest BCUT2D eigenvalue weighted by atomic mass is 9.74. The van der Waals surface area contributed by atoms with Crippen molar-refractivity contribution in [2.75, 3.05) is 5.32 Å². The van der Waals surface area contributed by atoms with Crippen LogP contribution in [-0.4, -0.2) is 41.3 Å². The summed E-state index contributed by atoms with van der Waals surface area (Å²) in [6.07, 6.45) is 1.91. The molecule has 4 N–H and O–H groups in total. The smallest absolute Gasteiger partial charge is 0.433 e. The quantitative estimate of drug-likeness (QED) is 0.261. The molecule has 1 atom stereocenters. The van der Waals surface area contributed by atoms with Crippen LogP contribution in [0.1, 0.15) is 43.3 Å². The van der Waals surface area contributed by atoms with Crippen molar-refractivity contribution in [3.63, 3.8) is 0 Å². The monoisotopic (exact) mass is 532 g/mol. The van der Waals surface area contributed by atoms with Crippen molar-refractivity contribution in [2.45, 2.75) is 44.4 Å². The Morgan fingerprint density at radius 1 is 1.16 bits per heavy atom. The molecule has 3 heterocycles. The molecule has 9 nitrogen and oxygen atoms in total. The number of H-pyrrole nitrogens is 1. The molecule has 1 aliphatic rings. The lowest BCUT2D eigenvalue weighted by molar-refractivity contribution is -0.144. The van der Waals surface area contributed by atoms with Gasteiger partial charge in [0, 0.05) is 29.0 Å². The lowest BCUT2D eigenvalue weighted by Gasteiger charge is -2.35. The van der Waals surface area contributed by atoms with Crippen molar-refractivity contribution in [3.05, 3.63) is 47.5 Å². The number of aromatic amines is 1. The Morgan fingerprint density at radius 2 is 1.92 bits per heavy atom. The Hall–Kier alpha value is -3.58. The number of anilines is 2. The van der Waals surface area contributed by atoms with E-state index in [1.54, 1.807) is 31.5 Å². The zero-order valence-electron chi connectivity index (χ0n) is 19.6. The highest BCUT2D eigenvalue weighted by Gasteiger charge is 2.40. The van der Waals surface area contributed by atoms with E-state index in [-0.39, 0.29) is 17.8 Å². The first-order chi connectivity index (χ1) is 17.5. The summed E-state index contributed by atoms with van der Waals surface area (Å²) in [4.78, 5) is 24.0. The Bertz CT molecular complexity index is 1440. The number of benzene rings is 1. The van der Waals surface area contributed by atoms with Crippen molar-refractivity contribution in [3.8, 4) is 10.4 Å². The molecule has 3 aromatic heterocycles. The van der Waals surface area contributed by atoms with Crippen molar-refractivity contribution in [1.82, 2.24) is 25.1 Å². The molecule has 0 bridgehead atoms. The third-order valence-electron chi connectivity index (χ3n) is 6.84. The van der Waals surface area contributed by atoms with Crippen molar-refractivity contribution >= 4 is 39.8 Å². The molecule has 0 radical (unpaired) electrons. The van der Waals surface area contributed by atoms with Crippen molar-refractivity contribution < 1.29 is 28.2 Å². The Kier molecular flexibility index (Phi) is 6.36. The number of fused-ring (bicyclic) bond motifs is 1. The number of carboxylic acids is 1. The summed E-state index contributed by atoms with van der Waals surface area (Å²) in [6, 6.07) is 4.23. The average molecular weight is 533 g/mol. The molecule has 5 rings (SSSR count). The molecule has 37 heavy (non-hydrogen) atoms. The van der Waals surface area contributed by atoms with Crippen LogP contribution in [0.5, 0.6) is 0 Å². The Labute approximate surface area is 212 Å².